The van der Waals surface area contributed by atoms with E-state index in [4.69, 9.17) is 0 Å². The van der Waals surface area contributed by atoms with Crippen molar-refractivity contribution in [2.75, 3.05) is 27.2 Å². The lowest BCUT2D eigenvalue weighted by molar-refractivity contribution is -0.851. The molecule has 1 aromatic carbocycles. The second kappa shape index (κ2) is 6.31. The molecule has 1 aromatic rings. The minimum absolute atomic E-state index is 0.165. The quantitative estimate of drug-likeness (QED) is 0.628. The molecule has 0 spiro atoms. The van der Waals surface area contributed by atoms with Crippen molar-refractivity contribution in [1.82, 2.24) is 10.3 Å². The molecule has 3 N–H and O–H groups in total. The van der Waals surface area contributed by atoms with Crippen LogP contribution in [0.3, 0.4) is 0 Å². The zero-order chi connectivity index (χ0) is 15.7. The fourth-order valence-corrected chi connectivity index (χ4v) is 3.10. The van der Waals surface area contributed by atoms with Crippen molar-refractivity contribution in [2.24, 2.45) is 4.99 Å². The van der Waals surface area contributed by atoms with Crippen LogP contribution in [0.4, 0.5) is 11.4 Å². The van der Waals surface area contributed by atoms with Gasteiger partial charge in [0, 0.05) is 18.2 Å². The summed E-state index contributed by atoms with van der Waals surface area (Å²) in [5.74, 6) is 0.176. The van der Waals surface area contributed by atoms with Crippen LogP contribution in [0, 0.1) is 10.4 Å². The average Bonchev–Trinajstić information content (AvgIpc) is 2.50. The van der Waals surface area contributed by atoms with E-state index in [0.29, 0.717) is 17.9 Å². The van der Waals surface area contributed by atoms with E-state index < -0.39 is 0 Å². The third-order valence-corrected chi connectivity index (χ3v) is 4.27. The Hall–Kier alpha value is -1.51. The zero-order valence-electron chi connectivity index (χ0n) is 13.1. The number of aliphatic imine (C=N–C) groups is 1. The summed E-state index contributed by atoms with van der Waals surface area (Å²) in [4.78, 5) is 6.25. The van der Waals surface area contributed by atoms with Crippen molar-refractivity contribution in [2.45, 2.75) is 25.7 Å². The highest BCUT2D eigenvalue weighted by Gasteiger charge is 2.33. The van der Waals surface area contributed by atoms with Crippen LogP contribution < -0.4 is 15.7 Å². The Bertz CT molecular complexity index is 588. The van der Waals surface area contributed by atoms with Gasteiger partial charge < -0.3 is 15.3 Å². The molecule has 1 aliphatic carbocycles. The molecular formula is C15H23N5O2. The first-order valence-electron chi connectivity index (χ1n) is 7.78. The largest absolute Gasteiger partial charge is 0.621 e. The van der Waals surface area contributed by atoms with Gasteiger partial charge in [-0.15, -0.1) is 0 Å². The minimum Gasteiger partial charge on any atom is -0.621 e. The number of fused-ring (bicyclic) bond motifs is 3. The van der Waals surface area contributed by atoms with E-state index in [1.165, 1.54) is 5.56 Å². The number of rotatable bonds is 3. The number of hydroxylamine groups is 1. The number of nitrogens with one attached hydrogen (secondary N) is 3. The standard InChI is InChI=1S/C15H23N5O2/c1-18(2)10-9-16-15-17-20(22)14-12-6-4-3-5-11(12)7-8-13(14)19(15)21/h7-8,19-20H,3-6,9-10H2,1-2H3,(H,16,17). The number of aryl methyl sites for hydroxylation is 1. The third-order valence-electron chi connectivity index (χ3n) is 4.27. The minimum atomic E-state index is -0.183. The van der Waals surface area contributed by atoms with Crippen molar-refractivity contribution in [3.63, 3.8) is 0 Å². The molecule has 0 fully saturated rings. The maximum Gasteiger partial charge on any atom is 0.347 e. The third kappa shape index (κ3) is 2.86. The van der Waals surface area contributed by atoms with Gasteiger partial charge in [-0.05, 0) is 45.3 Å². The molecule has 0 amide bonds. The molecule has 22 heavy (non-hydrogen) atoms. The predicted octanol–water partition coefficient (Wildman–Crippen LogP) is -0.970. The van der Waals surface area contributed by atoms with Crippen molar-refractivity contribution in [3.8, 4) is 0 Å². The molecule has 0 radical (unpaired) electrons. The number of benzene rings is 1. The van der Waals surface area contributed by atoms with Gasteiger partial charge in [-0.3, -0.25) is 5.06 Å². The van der Waals surface area contributed by atoms with Gasteiger partial charge in [0.05, 0.1) is 6.54 Å². The Labute approximate surface area is 130 Å². The summed E-state index contributed by atoms with van der Waals surface area (Å²) in [6.07, 6.45) is 4.10. The van der Waals surface area contributed by atoms with E-state index in [0.717, 1.165) is 37.8 Å². The lowest BCUT2D eigenvalue weighted by Gasteiger charge is -2.36. The van der Waals surface area contributed by atoms with Gasteiger partial charge >= 0.3 is 5.96 Å². The van der Waals surface area contributed by atoms with Gasteiger partial charge in [0.25, 0.3) is 0 Å². The van der Waals surface area contributed by atoms with E-state index in [9.17, 15) is 10.4 Å². The first-order chi connectivity index (χ1) is 10.6. The normalized spacial score (nSPS) is 25.8. The molecule has 120 valence electrons. The Morgan fingerprint density at radius 3 is 2.77 bits per heavy atom. The molecule has 1 aliphatic heterocycles. The fourth-order valence-electron chi connectivity index (χ4n) is 3.10. The molecule has 3 rings (SSSR count). The number of quaternary nitrogens is 2. The van der Waals surface area contributed by atoms with Gasteiger partial charge in [-0.2, -0.15) is 5.43 Å². The van der Waals surface area contributed by atoms with Crippen molar-refractivity contribution in [3.05, 3.63) is 33.7 Å². The maximum atomic E-state index is 12.6. The number of nitrogens with zero attached hydrogens (tertiary/aromatic N) is 2. The van der Waals surface area contributed by atoms with Crippen LogP contribution in [0.15, 0.2) is 17.1 Å². The van der Waals surface area contributed by atoms with Crippen molar-refractivity contribution >= 4 is 17.3 Å². The molecule has 7 nitrogen and oxygen atoms in total. The monoisotopic (exact) mass is 305 g/mol. The highest BCUT2D eigenvalue weighted by Crippen LogP contribution is 2.30. The second-order valence-corrected chi connectivity index (χ2v) is 6.15. The molecule has 2 unspecified atom stereocenters. The van der Waals surface area contributed by atoms with Gasteiger partial charge in [0.2, 0.25) is 11.4 Å². The molecule has 7 heteroatoms. The number of likely N-dealkylation sites (N-methyl/N-ethyl adjacent to an activating group) is 1. The van der Waals surface area contributed by atoms with Gasteiger partial charge in [0.15, 0.2) is 0 Å². The van der Waals surface area contributed by atoms with Crippen LogP contribution in [0.25, 0.3) is 0 Å². The summed E-state index contributed by atoms with van der Waals surface area (Å²) in [6.45, 7) is 1.23. The number of hydrogen-bond acceptors (Lipinski definition) is 4. The van der Waals surface area contributed by atoms with E-state index in [2.05, 4.69) is 10.4 Å². The van der Waals surface area contributed by atoms with E-state index in [1.807, 2.05) is 25.1 Å². The van der Waals surface area contributed by atoms with Crippen LogP contribution in [0.5, 0.6) is 0 Å². The SMILES string of the molecule is CN(C)CCN=C1N[NH+]([O-])c2c(ccc3c2CCCC3)[NH+]1[O-]. The highest BCUT2D eigenvalue weighted by molar-refractivity contribution is 5.77. The predicted molar refractivity (Wildman–Crippen MR) is 85.1 cm³/mol. The highest BCUT2D eigenvalue weighted by atomic mass is 16.6. The Morgan fingerprint density at radius 2 is 2.00 bits per heavy atom. The summed E-state index contributed by atoms with van der Waals surface area (Å²) >= 11 is 0. The van der Waals surface area contributed by atoms with Crippen LogP contribution in [-0.2, 0) is 12.8 Å². The summed E-state index contributed by atoms with van der Waals surface area (Å²) in [5, 5.41) is 24.7. The van der Waals surface area contributed by atoms with Crippen molar-refractivity contribution < 1.29 is 10.2 Å². The first kappa shape index (κ1) is 15.4. The Balaban J connectivity index is 1.91. The topological polar surface area (TPSA) is 82.6 Å². The maximum absolute atomic E-state index is 12.6. The van der Waals surface area contributed by atoms with Gasteiger partial charge in [-0.25, -0.2) is 10.2 Å². The molecule has 2 aliphatic rings. The Morgan fingerprint density at radius 1 is 1.23 bits per heavy atom. The van der Waals surface area contributed by atoms with Crippen LogP contribution in [0.1, 0.15) is 24.0 Å². The molecule has 1 heterocycles. The molecule has 0 saturated heterocycles. The molecule has 2 atom stereocenters. The fraction of sp³-hybridized carbons (Fsp3) is 0.533. The van der Waals surface area contributed by atoms with Gasteiger partial charge in [-0.1, -0.05) is 6.07 Å². The molecular weight excluding hydrogens is 282 g/mol. The summed E-state index contributed by atoms with van der Waals surface area (Å²) in [5.41, 5.74) is 6.04. The number of hydrogen-bond donors (Lipinski definition) is 3. The smallest absolute Gasteiger partial charge is 0.347 e. The lowest BCUT2D eigenvalue weighted by Crippen LogP contribution is -3.24. The van der Waals surface area contributed by atoms with Crippen LogP contribution in [0.2, 0.25) is 0 Å². The molecule has 0 aromatic heterocycles. The first-order valence-corrected chi connectivity index (χ1v) is 7.78. The van der Waals surface area contributed by atoms with Crippen molar-refractivity contribution in [1.29, 1.82) is 0 Å². The Kier molecular flexibility index (Phi) is 4.42. The lowest BCUT2D eigenvalue weighted by atomic mass is 9.89. The van der Waals surface area contributed by atoms with E-state index in [-0.39, 0.29) is 16.2 Å². The van der Waals surface area contributed by atoms with E-state index in [1.54, 1.807) is 6.07 Å². The number of guanidine groups is 1. The molecule has 0 saturated carbocycles. The summed E-state index contributed by atoms with van der Waals surface area (Å²) in [6, 6.07) is 3.79. The van der Waals surface area contributed by atoms with Crippen LogP contribution in [-0.4, -0.2) is 38.0 Å². The second-order valence-electron chi connectivity index (χ2n) is 6.15. The zero-order valence-corrected chi connectivity index (χ0v) is 13.1. The van der Waals surface area contributed by atoms with Crippen LogP contribution >= 0.6 is 0 Å². The van der Waals surface area contributed by atoms with Gasteiger partial charge in [0.1, 0.15) is 0 Å². The average molecular weight is 305 g/mol. The summed E-state index contributed by atoms with van der Waals surface area (Å²) < 4.78 is 0. The summed E-state index contributed by atoms with van der Waals surface area (Å²) in [7, 11) is 3.89. The van der Waals surface area contributed by atoms with E-state index >= 15 is 0 Å². The molecule has 0 bridgehead atoms.